The first-order chi connectivity index (χ1) is 13.9. The Morgan fingerprint density at radius 2 is 1.48 bits per heavy atom. The molecule has 1 aliphatic heterocycles. The van der Waals surface area contributed by atoms with Crippen molar-refractivity contribution in [3.05, 3.63) is 71.8 Å². The number of rotatable bonds is 4. The van der Waals surface area contributed by atoms with Crippen molar-refractivity contribution < 1.29 is 23.0 Å². The number of fused-ring (bicyclic) bond motifs is 1. The van der Waals surface area contributed by atoms with Gasteiger partial charge in [0.25, 0.3) is 0 Å². The van der Waals surface area contributed by atoms with E-state index in [0.29, 0.717) is 0 Å². The number of hydrogen-bond acceptors (Lipinski definition) is 4. The molecule has 0 bridgehead atoms. The van der Waals surface area contributed by atoms with Crippen LogP contribution in [0.25, 0.3) is 10.8 Å². The molecule has 31 heavy (non-hydrogen) atoms. The van der Waals surface area contributed by atoms with E-state index in [1.165, 1.54) is 12.1 Å². The van der Waals surface area contributed by atoms with E-state index in [4.69, 9.17) is 0 Å². The lowest BCUT2D eigenvalue weighted by Gasteiger charge is -2.36. The predicted molar refractivity (Wildman–Crippen MR) is 120 cm³/mol. The van der Waals surface area contributed by atoms with E-state index in [1.54, 1.807) is 18.2 Å². The van der Waals surface area contributed by atoms with Crippen LogP contribution in [0.4, 0.5) is 13.2 Å². The molecule has 4 rings (SSSR count). The summed E-state index contributed by atoms with van der Waals surface area (Å²) in [6, 6.07) is 17.1. The Balaban J connectivity index is 0.00000171. The summed E-state index contributed by atoms with van der Waals surface area (Å²) in [6.07, 6.45) is -4.72. The Labute approximate surface area is 190 Å². The molecule has 0 amide bonds. The summed E-state index contributed by atoms with van der Waals surface area (Å²) in [5.41, 5.74) is 1.88. The number of phenolic OH excluding ortho intramolecular Hbond substituents is 1. The second-order valence-corrected chi connectivity index (χ2v) is 7.02. The van der Waals surface area contributed by atoms with E-state index in [9.17, 15) is 18.3 Å². The van der Waals surface area contributed by atoms with Crippen LogP contribution in [0.2, 0.25) is 0 Å². The molecule has 1 atom stereocenters. The van der Waals surface area contributed by atoms with Crippen molar-refractivity contribution in [3.8, 4) is 11.5 Å². The lowest BCUT2D eigenvalue weighted by atomic mass is 9.91. The maximum Gasteiger partial charge on any atom is 0.573 e. The Morgan fingerprint density at radius 3 is 2.10 bits per heavy atom. The quantitative estimate of drug-likeness (QED) is 0.539. The van der Waals surface area contributed by atoms with Gasteiger partial charge in [0.15, 0.2) is 0 Å². The van der Waals surface area contributed by atoms with Gasteiger partial charge in [0.1, 0.15) is 11.5 Å². The summed E-state index contributed by atoms with van der Waals surface area (Å²) in [4.78, 5) is 2.30. The van der Waals surface area contributed by atoms with Crippen LogP contribution in [0, 0.1) is 0 Å². The predicted octanol–water partition coefficient (Wildman–Crippen LogP) is 5.28. The Kier molecular flexibility index (Phi) is 8.42. The fourth-order valence-corrected chi connectivity index (χ4v) is 3.92. The molecular formula is C22H23Cl2F3N2O2. The Morgan fingerprint density at radius 1 is 0.871 bits per heavy atom. The molecule has 0 unspecified atom stereocenters. The Bertz CT molecular complexity index is 994. The maximum atomic E-state index is 12.5. The van der Waals surface area contributed by atoms with Crippen LogP contribution in [0.5, 0.6) is 11.5 Å². The van der Waals surface area contributed by atoms with Gasteiger partial charge in [-0.05, 0) is 34.7 Å². The molecule has 2 N–H and O–H groups in total. The minimum absolute atomic E-state index is 0. The van der Waals surface area contributed by atoms with Crippen LogP contribution in [-0.4, -0.2) is 42.5 Å². The molecule has 3 aromatic carbocycles. The van der Waals surface area contributed by atoms with Gasteiger partial charge >= 0.3 is 6.36 Å². The highest BCUT2D eigenvalue weighted by Crippen LogP contribution is 2.37. The molecule has 1 fully saturated rings. The van der Waals surface area contributed by atoms with Crippen molar-refractivity contribution in [1.29, 1.82) is 0 Å². The number of benzene rings is 3. The second-order valence-electron chi connectivity index (χ2n) is 7.02. The molecule has 168 valence electrons. The van der Waals surface area contributed by atoms with Crippen LogP contribution in [0.15, 0.2) is 60.7 Å². The van der Waals surface area contributed by atoms with Crippen molar-refractivity contribution in [3.63, 3.8) is 0 Å². The topological polar surface area (TPSA) is 44.7 Å². The molecule has 0 radical (unpaired) electrons. The number of hydrogen-bond donors (Lipinski definition) is 2. The van der Waals surface area contributed by atoms with E-state index in [1.807, 2.05) is 30.3 Å². The lowest BCUT2D eigenvalue weighted by Crippen LogP contribution is -2.45. The first kappa shape index (κ1) is 25.1. The molecule has 1 saturated heterocycles. The number of halogens is 5. The number of alkyl halides is 3. The van der Waals surface area contributed by atoms with Crippen LogP contribution < -0.4 is 10.1 Å². The zero-order valence-electron chi connectivity index (χ0n) is 16.4. The van der Waals surface area contributed by atoms with Crippen molar-refractivity contribution in [2.24, 2.45) is 0 Å². The molecule has 9 heteroatoms. The number of phenols is 1. The van der Waals surface area contributed by atoms with Crippen LogP contribution in [-0.2, 0) is 0 Å². The largest absolute Gasteiger partial charge is 0.573 e. The molecule has 0 saturated carbocycles. The van der Waals surface area contributed by atoms with E-state index < -0.39 is 6.36 Å². The van der Waals surface area contributed by atoms with Crippen molar-refractivity contribution >= 4 is 35.6 Å². The second kappa shape index (κ2) is 10.4. The third-order valence-electron chi connectivity index (χ3n) is 5.18. The summed E-state index contributed by atoms with van der Waals surface area (Å²) in [6.45, 7) is 3.28. The van der Waals surface area contributed by atoms with E-state index in [2.05, 4.69) is 15.0 Å². The number of piperazine rings is 1. The minimum Gasteiger partial charge on any atom is -0.507 e. The van der Waals surface area contributed by atoms with Crippen molar-refractivity contribution in [2.45, 2.75) is 12.4 Å². The average molecular weight is 475 g/mol. The number of nitrogens with zero attached hydrogens (tertiary/aromatic N) is 1. The number of nitrogens with one attached hydrogen (secondary N) is 1. The van der Waals surface area contributed by atoms with Crippen molar-refractivity contribution in [2.75, 3.05) is 26.2 Å². The maximum absolute atomic E-state index is 12.5. The van der Waals surface area contributed by atoms with Gasteiger partial charge in [-0.2, -0.15) is 0 Å². The Hall–Kier alpha value is -2.19. The molecule has 1 heterocycles. The fraction of sp³-hybridized carbons (Fsp3) is 0.273. The van der Waals surface area contributed by atoms with E-state index >= 15 is 0 Å². The summed E-state index contributed by atoms with van der Waals surface area (Å²) >= 11 is 0. The van der Waals surface area contributed by atoms with Crippen LogP contribution in [0.1, 0.15) is 17.2 Å². The molecule has 1 aliphatic rings. The van der Waals surface area contributed by atoms with Crippen molar-refractivity contribution in [1.82, 2.24) is 10.2 Å². The summed E-state index contributed by atoms with van der Waals surface area (Å²) in [5.74, 6) is -0.0341. The highest BCUT2D eigenvalue weighted by atomic mass is 35.5. The highest BCUT2D eigenvalue weighted by molar-refractivity contribution is 5.91. The number of ether oxygens (including phenoxy) is 1. The van der Waals surface area contributed by atoms with E-state index in [0.717, 1.165) is 48.1 Å². The highest BCUT2D eigenvalue weighted by Gasteiger charge is 2.31. The SMILES string of the molecule is Cl.Cl.Oc1ccc([C@H](c2ccc(OC(F)(F)F)cc2)N2CCNCC2)c2ccccc12. The average Bonchev–Trinajstić information content (AvgIpc) is 2.71. The van der Waals surface area contributed by atoms with Gasteiger partial charge in [-0.3, -0.25) is 4.90 Å². The molecule has 0 aromatic heterocycles. The normalized spacial score (nSPS) is 15.6. The standard InChI is InChI=1S/C22H21F3N2O2.2ClH/c23-22(24,25)29-16-7-5-15(6-8-16)21(27-13-11-26-12-14-27)19-9-10-20(28)18-4-2-1-3-17(18)19;;/h1-10,21,26,28H,11-14H2;2*1H/t21-;;/m0../s1. The molecule has 3 aromatic rings. The van der Waals surface area contributed by atoms with Gasteiger partial charge in [0.05, 0.1) is 6.04 Å². The van der Waals surface area contributed by atoms with Gasteiger partial charge in [-0.15, -0.1) is 38.0 Å². The van der Waals surface area contributed by atoms with Gasteiger partial charge in [0, 0.05) is 31.6 Å². The van der Waals surface area contributed by atoms with Crippen LogP contribution in [0.3, 0.4) is 0 Å². The minimum atomic E-state index is -4.72. The fourth-order valence-electron chi connectivity index (χ4n) is 3.92. The third kappa shape index (κ3) is 5.74. The lowest BCUT2D eigenvalue weighted by molar-refractivity contribution is -0.274. The zero-order chi connectivity index (χ0) is 20.4. The van der Waals surface area contributed by atoms with Gasteiger partial charge in [-0.25, -0.2) is 0 Å². The van der Waals surface area contributed by atoms with Gasteiger partial charge < -0.3 is 15.2 Å². The first-order valence-electron chi connectivity index (χ1n) is 9.43. The molecule has 4 nitrogen and oxygen atoms in total. The summed E-state index contributed by atoms with van der Waals surface area (Å²) in [7, 11) is 0. The smallest absolute Gasteiger partial charge is 0.507 e. The zero-order valence-corrected chi connectivity index (χ0v) is 18.1. The van der Waals surface area contributed by atoms with Gasteiger partial charge in [-0.1, -0.05) is 42.5 Å². The van der Waals surface area contributed by atoms with E-state index in [-0.39, 0.29) is 42.4 Å². The number of aromatic hydroxyl groups is 1. The molecular weight excluding hydrogens is 452 g/mol. The van der Waals surface area contributed by atoms with Crippen LogP contribution >= 0.6 is 24.8 Å². The summed E-state index contributed by atoms with van der Waals surface area (Å²) in [5, 5.41) is 15.3. The monoisotopic (exact) mass is 474 g/mol. The van der Waals surface area contributed by atoms with Gasteiger partial charge in [0.2, 0.25) is 0 Å². The molecule has 0 aliphatic carbocycles. The molecule has 0 spiro atoms. The summed E-state index contributed by atoms with van der Waals surface area (Å²) < 4.78 is 41.5. The first-order valence-corrected chi connectivity index (χ1v) is 9.43. The third-order valence-corrected chi connectivity index (χ3v) is 5.18.